The van der Waals surface area contributed by atoms with Gasteiger partial charge in [-0.05, 0) is 49.4 Å². The highest BCUT2D eigenvalue weighted by molar-refractivity contribution is 5.95. The van der Waals surface area contributed by atoms with Crippen molar-refractivity contribution in [1.82, 2.24) is 14.7 Å². The number of hydrogen-bond acceptors (Lipinski definition) is 5. The van der Waals surface area contributed by atoms with Crippen molar-refractivity contribution in [3.05, 3.63) is 41.7 Å². The number of carbonyl (C=O) groups excluding carboxylic acids is 1. The molecule has 0 radical (unpaired) electrons. The van der Waals surface area contributed by atoms with E-state index in [9.17, 15) is 4.79 Å². The first kappa shape index (κ1) is 16.6. The Morgan fingerprint density at radius 2 is 2.11 bits per heavy atom. The molecule has 0 N–H and O–H groups in total. The van der Waals surface area contributed by atoms with Crippen LogP contribution in [0.4, 0.5) is 0 Å². The van der Waals surface area contributed by atoms with E-state index in [-0.39, 0.29) is 18.7 Å². The second-order valence-electron chi connectivity index (χ2n) is 7.48. The molecule has 1 aromatic heterocycles. The molecule has 3 heterocycles. The molecule has 7 nitrogen and oxygen atoms in total. The van der Waals surface area contributed by atoms with Crippen LogP contribution >= 0.6 is 0 Å². The molecule has 0 unspecified atom stereocenters. The topological polar surface area (TPSA) is 65.8 Å². The third-order valence-corrected chi connectivity index (χ3v) is 5.43. The molecule has 27 heavy (non-hydrogen) atoms. The van der Waals surface area contributed by atoms with Crippen LogP contribution in [0.3, 0.4) is 0 Å². The Hall–Kier alpha value is -2.54. The zero-order valence-electron chi connectivity index (χ0n) is 15.2. The molecule has 1 aliphatic carbocycles. The van der Waals surface area contributed by atoms with Gasteiger partial charge in [-0.15, -0.1) is 0 Å². The normalized spacial score (nSPS) is 20.6. The molecule has 1 saturated carbocycles. The van der Waals surface area contributed by atoms with Crippen molar-refractivity contribution in [3.8, 4) is 11.5 Å². The minimum atomic E-state index is 0.00430. The average molecular weight is 369 g/mol. The van der Waals surface area contributed by atoms with Crippen LogP contribution in [0.5, 0.6) is 11.5 Å². The molecule has 1 fully saturated rings. The lowest BCUT2D eigenvalue weighted by molar-refractivity contribution is 0.0610. The summed E-state index contributed by atoms with van der Waals surface area (Å²) in [6, 6.07) is 7.49. The zero-order valence-corrected chi connectivity index (χ0v) is 15.2. The van der Waals surface area contributed by atoms with Gasteiger partial charge < -0.3 is 19.1 Å². The fourth-order valence-electron chi connectivity index (χ4n) is 3.72. The Kier molecular flexibility index (Phi) is 4.24. The van der Waals surface area contributed by atoms with Gasteiger partial charge in [0.2, 0.25) is 6.79 Å². The molecular formula is C20H23N3O4. The Bertz CT molecular complexity index is 846. The summed E-state index contributed by atoms with van der Waals surface area (Å²) in [4.78, 5) is 15.0. The summed E-state index contributed by atoms with van der Waals surface area (Å²) in [5, 5.41) is 4.46. The highest BCUT2D eigenvalue weighted by atomic mass is 16.7. The molecule has 5 rings (SSSR count). The van der Waals surface area contributed by atoms with Crippen LogP contribution in [0.2, 0.25) is 0 Å². The van der Waals surface area contributed by atoms with Crippen molar-refractivity contribution >= 4 is 5.91 Å². The lowest BCUT2D eigenvalue weighted by Crippen LogP contribution is -2.41. The minimum absolute atomic E-state index is 0.00430. The molecule has 142 valence electrons. The average Bonchev–Trinajstić information content (AvgIpc) is 3.18. The van der Waals surface area contributed by atoms with Crippen LogP contribution in [0.1, 0.15) is 41.4 Å². The van der Waals surface area contributed by atoms with Crippen LogP contribution in [0.25, 0.3) is 0 Å². The second kappa shape index (κ2) is 6.88. The summed E-state index contributed by atoms with van der Waals surface area (Å²) in [5.74, 6) is 2.09. The second-order valence-corrected chi connectivity index (χ2v) is 7.48. The minimum Gasteiger partial charge on any atom is -0.454 e. The lowest BCUT2D eigenvalue weighted by Gasteiger charge is -2.34. The van der Waals surface area contributed by atoms with Gasteiger partial charge in [0.1, 0.15) is 0 Å². The number of benzene rings is 1. The van der Waals surface area contributed by atoms with E-state index in [1.54, 1.807) is 18.2 Å². The van der Waals surface area contributed by atoms with Gasteiger partial charge in [0.25, 0.3) is 5.91 Å². The summed E-state index contributed by atoms with van der Waals surface area (Å²) < 4.78 is 18.6. The van der Waals surface area contributed by atoms with E-state index in [0.29, 0.717) is 36.8 Å². The van der Waals surface area contributed by atoms with Crippen molar-refractivity contribution in [2.24, 2.45) is 5.92 Å². The van der Waals surface area contributed by atoms with Gasteiger partial charge in [-0.25, -0.2) is 0 Å². The number of aromatic nitrogens is 2. The number of amides is 1. The van der Waals surface area contributed by atoms with Crippen molar-refractivity contribution in [2.45, 2.75) is 31.8 Å². The Morgan fingerprint density at radius 3 is 3.00 bits per heavy atom. The summed E-state index contributed by atoms with van der Waals surface area (Å²) in [6.07, 6.45) is 5.25. The maximum Gasteiger partial charge on any atom is 0.254 e. The predicted molar refractivity (Wildman–Crippen MR) is 96.7 cm³/mol. The molecule has 0 saturated heterocycles. The molecule has 1 aromatic carbocycles. The number of hydrogen-bond donors (Lipinski definition) is 0. The van der Waals surface area contributed by atoms with Crippen LogP contribution < -0.4 is 9.47 Å². The third kappa shape index (κ3) is 3.39. The number of rotatable bonds is 6. The van der Waals surface area contributed by atoms with Crippen LogP contribution in [0.15, 0.2) is 30.5 Å². The molecular weight excluding hydrogens is 346 g/mol. The van der Waals surface area contributed by atoms with Gasteiger partial charge in [-0.3, -0.25) is 9.48 Å². The predicted octanol–water partition coefficient (Wildman–Crippen LogP) is 2.63. The largest absolute Gasteiger partial charge is 0.454 e. The summed E-state index contributed by atoms with van der Waals surface area (Å²) in [7, 11) is 0. The Labute approximate surface area is 157 Å². The van der Waals surface area contributed by atoms with E-state index in [4.69, 9.17) is 14.2 Å². The molecule has 7 heteroatoms. The van der Waals surface area contributed by atoms with Gasteiger partial charge in [0, 0.05) is 31.5 Å². The van der Waals surface area contributed by atoms with Gasteiger partial charge in [-0.1, -0.05) is 0 Å². The van der Waals surface area contributed by atoms with Gasteiger partial charge in [0.05, 0.1) is 18.3 Å². The fraction of sp³-hybridized carbons (Fsp3) is 0.500. The molecule has 0 bridgehead atoms. The van der Waals surface area contributed by atoms with E-state index >= 15 is 0 Å². The van der Waals surface area contributed by atoms with Crippen LogP contribution in [0, 0.1) is 5.92 Å². The maximum absolute atomic E-state index is 13.1. The first-order valence-corrected chi connectivity index (χ1v) is 9.57. The SMILES string of the molecule is O=C(c1ccc2c(c1)OCO2)N1Cc2ccnn2[C@H](CCOCC2CC2)C1. The molecule has 1 atom stereocenters. The zero-order chi connectivity index (χ0) is 18.2. The van der Waals surface area contributed by atoms with Crippen molar-refractivity contribution < 1.29 is 19.0 Å². The monoisotopic (exact) mass is 369 g/mol. The first-order valence-electron chi connectivity index (χ1n) is 9.57. The third-order valence-electron chi connectivity index (χ3n) is 5.43. The van der Waals surface area contributed by atoms with E-state index < -0.39 is 0 Å². The van der Waals surface area contributed by atoms with E-state index in [1.165, 1.54) is 12.8 Å². The van der Waals surface area contributed by atoms with E-state index in [0.717, 1.165) is 24.6 Å². The van der Waals surface area contributed by atoms with Gasteiger partial charge in [0.15, 0.2) is 11.5 Å². The maximum atomic E-state index is 13.1. The van der Waals surface area contributed by atoms with Crippen LogP contribution in [-0.2, 0) is 11.3 Å². The Balaban J connectivity index is 1.28. The summed E-state index contributed by atoms with van der Waals surface area (Å²) >= 11 is 0. The lowest BCUT2D eigenvalue weighted by atomic mass is 10.1. The fourth-order valence-corrected chi connectivity index (χ4v) is 3.72. The van der Waals surface area contributed by atoms with Gasteiger partial charge in [-0.2, -0.15) is 5.10 Å². The summed E-state index contributed by atoms with van der Waals surface area (Å²) in [5.41, 5.74) is 1.68. The van der Waals surface area contributed by atoms with Gasteiger partial charge >= 0.3 is 0 Å². The first-order chi connectivity index (χ1) is 13.3. The van der Waals surface area contributed by atoms with Crippen molar-refractivity contribution in [2.75, 3.05) is 26.6 Å². The quantitative estimate of drug-likeness (QED) is 0.733. The number of carbonyl (C=O) groups is 1. The number of ether oxygens (including phenoxy) is 3. The van der Waals surface area contributed by atoms with Crippen molar-refractivity contribution in [3.63, 3.8) is 0 Å². The van der Waals surface area contributed by atoms with E-state index in [2.05, 4.69) is 5.10 Å². The molecule has 3 aliphatic rings. The Morgan fingerprint density at radius 1 is 1.22 bits per heavy atom. The molecule has 0 spiro atoms. The molecule has 2 aliphatic heterocycles. The highest BCUT2D eigenvalue weighted by Crippen LogP contribution is 2.34. The summed E-state index contributed by atoms with van der Waals surface area (Å²) in [6.45, 7) is 2.96. The van der Waals surface area contributed by atoms with Crippen molar-refractivity contribution in [1.29, 1.82) is 0 Å². The standard InChI is InChI=1S/C20H23N3O4/c24-20(15-3-4-18-19(9-15)27-13-26-18)22-10-16-5-7-21-23(16)17(11-22)6-8-25-12-14-1-2-14/h3-5,7,9,14,17H,1-2,6,8,10-13H2/t17-/m1/s1. The number of fused-ring (bicyclic) bond motifs is 2. The van der Waals surface area contributed by atoms with Crippen LogP contribution in [-0.4, -0.2) is 47.1 Å². The molecule has 2 aromatic rings. The smallest absolute Gasteiger partial charge is 0.254 e. The number of nitrogens with zero attached hydrogens (tertiary/aromatic N) is 3. The highest BCUT2D eigenvalue weighted by Gasteiger charge is 2.30. The van der Waals surface area contributed by atoms with E-state index in [1.807, 2.05) is 21.8 Å². The molecule has 1 amide bonds.